The van der Waals surface area contributed by atoms with Gasteiger partial charge in [0.25, 0.3) is 11.8 Å². The lowest BCUT2D eigenvalue weighted by atomic mass is 10.2. The topological polar surface area (TPSA) is 91.8 Å². The van der Waals surface area contributed by atoms with Crippen LogP contribution in [-0.2, 0) is 0 Å². The molecule has 6 rings (SSSR count). The number of benzene rings is 2. The van der Waals surface area contributed by atoms with Crippen LogP contribution in [0.2, 0.25) is 0 Å². The van der Waals surface area contributed by atoms with Crippen LogP contribution in [0, 0.1) is 5.82 Å². The quantitative estimate of drug-likeness (QED) is 0.332. The van der Waals surface area contributed by atoms with E-state index < -0.39 is 5.91 Å². The van der Waals surface area contributed by atoms with E-state index >= 15 is 0 Å². The van der Waals surface area contributed by atoms with E-state index in [1.54, 1.807) is 53.4 Å². The first-order valence-electron chi connectivity index (χ1n) is 11.7. The zero-order valence-corrected chi connectivity index (χ0v) is 20.3. The molecule has 10 heteroatoms. The molecule has 2 amide bonds. The highest BCUT2D eigenvalue weighted by Gasteiger charge is 2.30. The molecule has 1 saturated heterocycles. The summed E-state index contributed by atoms with van der Waals surface area (Å²) in [6, 6.07) is 19.0. The maximum Gasteiger partial charge on any atom is 0.291 e. The average Bonchev–Trinajstić information content (AvgIpc) is 3.69. The maximum absolute atomic E-state index is 14.2. The molecule has 1 fully saturated rings. The van der Waals surface area contributed by atoms with Gasteiger partial charge < -0.3 is 24.1 Å². The Kier molecular flexibility index (Phi) is 5.93. The molecule has 1 aliphatic heterocycles. The predicted octanol–water partition coefficient (Wildman–Crippen LogP) is 5.50. The minimum atomic E-state index is -0.517. The third kappa shape index (κ3) is 4.36. The zero-order chi connectivity index (χ0) is 25.4. The summed E-state index contributed by atoms with van der Waals surface area (Å²) in [6.07, 6.45) is 0. The summed E-state index contributed by atoms with van der Waals surface area (Å²) in [5.74, 6) is -0.632. The van der Waals surface area contributed by atoms with E-state index in [1.165, 1.54) is 17.4 Å². The number of fused-ring (bicyclic) bond motifs is 1. The molecule has 0 atom stereocenters. The maximum atomic E-state index is 14.2. The molecular formula is C27H21FN4O4S. The van der Waals surface area contributed by atoms with E-state index in [0.717, 1.165) is 4.88 Å². The van der Waals surface area contributed by atoms with Crippen LogP contribution in [0.3, 0.4) is 0 Å². The van der Waals surface area contributed by atoms with Gasteiger partial charge in [0.2, 0.25) is 5.76 Å². The molecule has 3 aromatic heterocycles. The third-order valence-corrected chi connectivity index (χ3v) is 7.18. The molecule has 0 aliphatic carbocycles. The average molecular weight is 517 g/mol. The van der Waals surface area contributed by atoms with Gasteiger partial charge in [0, 0.05) is 37.6 Å². The number of amides is 2. The Morgan fingerprint density at radius 1 is 0.973 bits per heavy atom. The zero-order valence-electron chi connectivity index (χ0n) is 19.5. The number of furan rings is 1. The summed E-state index contributed by atoms with van der Waals surface area (Å²) in [7, 11) is 0. The highest BCUT2D eigenvalue weighted by atomic mass is 32.1. The molecule has 0 radical (unpaired) electrons. The SMILES string of the molecule is O=C(Nc1c(C(=O)N2CCN(c3ccccc3F)CC2)oc2ccccc12)c1cc(-c2cccs2)on1. The van der Waals surface area contributed by atoms with Crippen LogP contribution in [0.1, 0.15) is 21.0 Å². The fraction of sp³-hybridized carbons (Fsp3) is 0.148. The number of thiophene rings is 1. The number of hydrogen-bond acceptors (Lipinski definition) is 7. The summed E-state index contributed by atoms with van der Waals surface area (Å²) in [5, 5.41) is 9.22. The summed E-state index contributed by atoms with van der Waals surface area (Å²) in [4.78, 5) is 31.0. The molecule has 0 unspecified atom stereocenters. The van der Waals surface area contributed by atoms with Gasteiger partial charge >= 0.3 is 0 Å². The second-order valence-electron chi connectivity index (χ2n) is 8.54. The number of hydrogen-bond donors (Lipinski definition) is 1. The number of para-hydroxylation sites is 2. The molecular weight excluding hydrogens is 495 g/mol. The van der Waals surface area contributed by atoms with Gasteiger partial charge in [-0.05, 0) is 35.7 Å². The molecule has 0 bridgehead atoms. The number of nitrogens with one attached hydrogen (secondary N) is 1. The molecule has 5 aromatic rings. The smallest absolute Gasteiger partial charge is 0.291 e. The van der Waals surface area contributed by atoms with Crippen molar-refractivity contribution in [1.82, 2.24) is 10.1 Å². The van der Waals surface area contributed by atoms with E-state index in [2.05, 4.69) is 10.5 Å². The van der Waals surface area contributed by atoms with Gasteiger partial charge in [-0.3, -0.25) is 9.59 Å². The molecule has 4 heterocycles. The van der Waals surface area contributed by atoms with Crippen LogP contribution in [0.4, 0.5) is 15.8 Å². The van der Waals surface area contributed by atoms with Gasteiger partial charge in [-0.25, -0.2) is 4.39 Å². The van der Waals surface area contributed by atoms with Crippen molar-refractivity contribution >= 4 is 45.5 Å². The van der Waals surface area contributed by atoms with Gasteiger partial charge in [0.05, 0.1) is 10.6 Å². The minimum absolute atomic E-state index is 0.0378. The Labute approximate surface area is 214 Å². The van der Waals surface area contributed by atoms with Crippen molar-refractivity contribution in [3.63, 3.8) is 0 Å². The van der Waals surface area contributed by atoms with E-state index in [-0.39, 0.29) is 28.9 Å². The Balaban J connectivity index is 1.24. The number of carbonyl (C=O) groups is 2. The van der Waals surface area contributed by atoms with Crippen LogP contribution < -0.4 is 10.2 Å². The number of aromatic nitrogens is 1. The van der Waals surface area contributed by atoms with Crippen molar-refractivity contribution in [2.75, 3.05) is 36.4 Å². The van der Waals surface area contributed by atoms with Gasteiger partial charge in [0.1, 0.15) is 17.1 Å². The Morgan fingerprint density at radius 3 is 2.54 bits per heavy atom. The number of nitrogens with zero attached hydrogens (tertiary/aromatic N) is 3. The predicted molar refractivity (Wildman–Crippen MR) is 138 cm³/mol. The van der Waals surface area contributed by atoms with E-state index in [0.29, 0.717) is 48.6 Å². The van der Waals surface area contributed by atoms with Crippen LogP contribution in [0.15, 0.2) is 81.1 Å². The normalized spacial score (nSPS) is 13.8. The number of anilines is 2. The summed E-state index contributed by atoms with van der Waals surface area (Å²) >= 11 is 1.48. The third-order valence-electron chi connectivity index (χ3n) is 6.30. The first kappa shape index (κ1) is 23.0. The Hall–Kier alpha value is -4.44. The van der Waals surface area contributed by atoms with Crippen molar-refractivity contribution in [3.05, 3.63) is 89.4 Å². The fourth-order valence-corrected chi connectivity index (χ4v) is 5.09. The van der Waals surface area contributed by atoms with Gasteiger partial charge in [-0.1, -0.05) is 35.5 Å². The number of rotatable bonds is 5. The first-order chi connectivity index (χ1) is 18.1. The lowest BCUT2D eigenvalue weighted by Gasteiger charge is -2.35. The standard InChI is InChI=1S/C27H21FN4O4S/c28-18-7-2-3-8-20(18)31-11-13-32(14-12-31)27(34)25-24(17-6-1-4-9-21(17)35-25)29-26(33)19-16-22(36-30-19)23-10-5-15-37-23/h1-10,15-16H,11-14H2,(H,29,33). The molecule has 1 aliphatic rings. The lowest BCUT2D eigenvalue weighted by Crippen LogP contribution is -2.49. The number of halogens is 1. The number of carbonyl (C=O) groups excluding carboxylic acids is 2. The monoisotopic (exact) mass is 516 g/mol. The van der Waals surface area contributed by atoms with Gasteiger partial charge in [-0.2, -0.15) is 0 Å². The van der Waals surface area contributed by atoms with Crippen molar-refractivity contribution in [2.24, 2.45) is 0 Å². The first-order valence-corrected chi connectivity index (χ1v) is 12.6. The molecule has 37 heavy (non-hydrogen) atoms. The van der Waals surface area contributed by atoms with Crippen molar-refractivity contribution < 1.29 is 22.9 Å². The lowest BCUT2D eigenvalue weighted by molar-refractivity contribution is 0.0718. The summed E-state index contributed by atoms with van der Waals surface area (Å²) < 4.78 is 25.5. The molecule has 186 valence electrons. The minimum Gasteiger partial charge on any atom is -0.449 e. The highest BCUT2D eigenvalue weighted by molar-refractivity contribution is 7.13. The largest absolute Gasteiger partial charge is 0.449 e. The second-order valence-corrected chi connectivity index (χ2v) is 9.49. The van der Waals surface area contributed by atoms with Crippen molar-refractivity contribution in [1.29, 1.82) is 0 Å². The molecule has 0 saturated carbocycles. The van der Waals surface area contributed by atoms with Crippen LogP contribution in [0.25, 0.3) is 21.6 Å². The fourth-order valence-electron chi connectivity index (χ4n) is 4.42. The van der Waals surface area contributed by atoms with Gasteiger partial charge in [0.15, 0.2) is 11.5 Å². The number of piperazine rings is 1. The highest BCUT2D eigenvalue weighted by Crippen LogP contribution is 2.33. The van der Waals surface area contributed by atoms with E-state index in [1.807, 2.05) is 22.4 Å². The molecule has 8 nitrogen and oxygen atoms in total. The molecule has 2 aromatic carbocycles. The van der Waals surface area contributed by atoms with E-state index in [4.69, 9.17) is 8.94 Å². The van der Waals surface area contributed by atoms with Crippen LogP contribution in [0.5, 0.6) is 0 Å². The van der Waals surface area contributed by atoms with Crippen LogP contribution >= 0.6 is 11.3 Å². The Bertz CT molecular complexity index is 1590. The van der Waals surface area contributed by atoms with Crippen molar-refractivity contribution in [2.45, 2.75) is 0 Å². The van der Waals surface area contributed by atoms with Crippen molar-refractivity contribution in [3.8, 4) is 10.6 Å². The Morgan fingerprint density at radius 2 is 1.76 bits per heavy atom. The molecule has 0 spiro atoms. The second kappa shape index (κ2) is 9.55. The summed E-state index contributed by atoms with van der Waals surface area (Å²) in [6.45, 7) is 1.70. The van der Waals surface area contributed by atoms with Crippen LogP contribution in [-0.4, -0.2) is 48.0 Å². The summed E-state index contributed by atoms with van der Waals surface area (Å²) in [5.41, 5.74) is 1.36. The molecule has 1 N–H and O–H groups in total. The van der Waals surface area contributed by atoms with Gasteiger partial charge in [-0.15, -0.1) is 11.3 Å². The van der Waals surface area contributed by atoms with E-state index in [9.17, 15) is 14.0 Å².